The molecule has 4 heteroatoms. The van der Waals surface area contributed by atoms with E-state index in [1.54, 1.807) is 6.92 Å². The molecule has 2 nitrogen and oxygen atoms in total. The van der Waals surface area contributed by atoms with E-state index in [1.807, 2.05) is 78.0 Å². The first-order valence-electron chi connectivity index (χ1n) is 6.95. The Morgan fingerprint density at radius 3 is 2.41 bits per heavy atom. The lowest BCUT2D eigenvalue weighted by Gasteiger charge is -2.23. The zero-order chi connectivity index (χ0) is 16.3. The first-order valence-corrected chi connectivity index (χ1v) is 9.18. The Hall–Kier alpha value is -0.980. The van der Waals surface area contributed by atoms with E-state index in [0.29, 0.717) is 10.0 Å². The molecule has 0 amide bonds. The summed E-state index contributed by atoms with van der Waals surface area (Å²) in [5, 5.41) is 10.5. The van der Waals surface area contributed by atoms with Crippen LogP contribution < -0.4 is 0 Å². The standard InChI is InChI=1S/C18H19IO2S/c1-13-8-10-16(11-9-13)22(21)17-7-5-4-6-15(17)12-18(3,20)14(2)19/h4-11,20H,2,12H2,1,3H3/t18-,22?/m1/s1. The topological polar surface area (TPSA) is 37.3 Å². The second-order valence-electron chi connectivity index (χ2n) is 5.55. The molecule has 0 saturated carbocycles. The molecule has 0 fully saturated rings. The van der Waals surface area contributed by atoms with E-state index in [-0.39, 0.29) is 0 Å². The average molecular weight is 426 g/mol. The van der Waals surface area contributed by atoms with Gasteiger partial charge in [0.2, 0.25) is 0 Å². The van der Waals surface area contributed by atoms with Crippen LogP contribution in [0.15, 0.2) is 68.5 Å². The fourth-order valence-corrected chi connectivity index (χ4v) is 3.49. The van der Waals surface area contributed by atoms with Crippen LogP contribution in [0, 0.1) is 6.92 Å². The van der Waals surface area contributed by atoms with Gasteiger partial charge < -0.3 is 5.11 Å². The van der Waals surface area contributed by atoms with E-state index in [4.69, 9.17) is 0 Å². The van der Waals surface area contributed by atoms with Crippen LogP contribution in [0.4, 0.5) is 0 Å². The van der Waals surface area contributed by atoms with Crippen molar-refractivity contribution in [2.75, 3.05) is 0 Å². The lowest BCUT2D eigenvalue weighted by atomic mass is 9.97. The second kappa shape index (κ2) is 7.06. The van der Waals surface area contributed by atoms with Gasteiger partial charge in [-0.3, -0.25) is 0 Å². The van der Waals surface area contributed by atoms with Crippen molar-refractivity contribution in [1.29, 1.82) is 0 Å². The Morgan fingerprint density at radius 2 is 1.82 bits per heavy atom. The summed E-state index contributed by atoms with van der Waals surface area (Å²) in [6, 6.07) is 15.2. The number of aliphatic hydroxyl groups is 1. The highest BCUT2D eigenvalue weighted by molar-refractivity contribution is 14.1. The molecule has 2 aromatic carbocycles. The number of hydrogen-bond acceptors (Lipinski definition) is 2. The van der Waals surface area contributed by atoms with Crippen LogP contribution in [0.5, 0.6) is 0 Å². The summed E-state index contributed by atoms with van der Waals surface area (Å²) in [4.78, 5) is 1.51. The molecule has 116 valence electrons. The molecule has 0 saturated heterocycles. The first kappa shape index (κ1) is 17.4. The van der Waals surface area contributed by atoms with Crippen LogP contribution in [0.25, 0.3) is 0 Å². The predicted molar refractivity (Wildman–Crippen MR) is 99.8 cm³/mol. The minimum absolute atomic E-state index is 0.391. The Morgan fingerprint density at radius 1 is 1.23 bits per heavy atom. The highest BCUT2D eigenvalue weighted by atomic mass is 127. The molecule has 22 heavy (non-hydrogen) atoms. The lowest BCUT2D eigenvalue weighted by Crippen LogP contribution is -2.27. The van der Waals surface area contributed by atoms with E-state index < -0.39 is 16.4 Å². The van der Waals surface area contributed by atoms with E-state index in [9.17, 15) is 9.32 Å². The van der Waals surface area contributed by atoms with Gasteiger partial charge >= 0.3 is 0 Å². The van der Waals surface area contributed by atoms with Gasteiger partial charge in [0.1, 0.15) is 0 Å². The molecule has 0 aromatic heterocycles. The van der Waals surface area contributed by atoms with Gasteiger partial charge in [0.25, 0.3) is 0 Å². The van der Waals surface area contributed by atoms with Crippen LogP contribution in [-0.2, 0) is 17.2 Å². The Kier molecular flexibility index (Phi) is 5.58. The van der Waals surface area contributed by atoms with Gasteiger partial charge in [-0.2, -0.15) is 0 Å². The summed E-state index contributed by atoms with van der Waals surface area (Å²) in [6.45, 7) is 7.56. The van der Waals surface area contributed by atoms with E-state index in [2.05, 4.69) is 6.58 Å². The molecule has 0 heterocycles. The minimum Gasteiger partial charge on any atom is -0.385 e. The maximum Gasteiger partial charge on any atom is 0.0959 e. The number of hydrogen-bond donors (Lipinski definition) is 1. The summed E-state index contributed by atoms with van der Waals surface area (Å²) in [7, 11) is -1.26. The van der Waals surface area contributed by atoms with Crippen LogP contribution in [0.2, 0.25) is 0 Å². The van der Waals surface area contributed by atoms with Crippen molar-refractivity contribution in [3.8, 4) is 0 Å². The molecule has 1 N–H and O–H groups in total. The Bertz CT molecular complexity index is 705. The van der Waals surface area contributed by atoms with Crippen molar-refractivity contribution in [2.45, 2.75) is 35.7 Å². The van der Waals surface area contributed by atoms with Gasteiger partial charge in [0.05, 0.1) is 16.4 Å². The van der Waals surface area contributed by atoms with Gasteiger partial charge in [-0.1, -0.05) is 42.5 Å². The fraction of sp³-hybridized carbons (Fsp3) is 0.222. The lowest BCUT2D eigenvalue weighted by molar-refractivity contribution is 0.110. The molecule has 0 spiro atoms. The molecule has 2 aromatic rings. The van der Waals surface area contributed by atoms with E-state index in [1.165, 1.54) is 0 Å². The number of aryl methyl sites for hydroxylation is 1. The smallest absolute Gasteiger partial charge is 0.0959 e. The summed E-state index contributed by atoms with van der Waals surface area (Å²) < 4.78 is 13.5. The van der Waals surface area contributed by atoms with Crippen molar-refractivity contribution < 1.29 is 9.32 Å². The summed E-state index contributed by atoms with van der Waals surface area (Å²) >= 11 is 2.04. The first-order chi connectivity index (χ1) is 10.3. The Balaban J connectivity index is 2.38. The second-order valence-corrected chi connectivity index (χ2v) is 8.30. The quantitative estimate of drug-likeness (QED) is 0.720. The average Bonchev–Trinajstić information content (AvgIpc) is 2.47. The van der Waals surface area contributed by atoms with Crippen LogP contribution in [0.1, 0.15) is 18.1 Å². The van der Waals surface area contributed by atoms with Crippen LogP contribution >= 0.6 is 22.6 Å². The zero-order valence-electron chi connectivity index (χ0n) is 12.7. The number of benzene rings is 2. The van der Waals surface area contributed by atoms with Crippen molar-refractivity contribution in [1.82, 2.24) is 0 Å². The van der Waals surface area contributed by atoms with E-state index >= 15 is 0 Å². The maximum absolute atomic E-state index is 12.8. The molecular formula is C18H19IO2S. The van der Waals surface area contributed by atoms with Gasteiger partial charge in [-0.05, 0) is 60.2 Å². The highest BCUT2D eigenvalue weighted by Gasteiger charge is 2.25. The third-order valence-corrected chi connectivity index (χ3v) is 6.19. The van der Waals surface area contributed by atoms with Crippen molar-refractivity contribution in [2.24, 2.45) is 0 Å². The van der Waals surface area contributed by atoms with Crippen LogP contribution in [-0.4, -0.2) is 14.9 Å². The summed E-state index contributed by atoms with van der Waals surface area (Å²) in [5.41, 5.74) is 0.996. The molecular weight excluding hydrogens is 407 g/mol. The predicted octanol–water partition coefficient (Wildman–Crippen LogP) is 4.40. The van der Waals surface area contributed by atoms with Gasteiger partial charge in [-0.15, -0.1) is 0 Å². The molecule has 0 radical (unpaired) electrons. The normalized spacial score (nSPS) is 15.1. The van der Waals surface area contributed by atoms with Gasteiger partial charge in [0.15, 0.2) is 0 Å². The van der Waals surface area contributed by atoms with Crippen molar-refractivity contribution in [3.05, 3.63) is 69.8 Å². The monoisotopic (exact) mass is 426 g/mol. The SMILES string of the molecule is C=C(I)[C@](C)(O)Cc1ccccc1S(=O)c1ccc(C)cc1. The molecule has 0 aliphatic heterocycles. The maximum atomic E-state index is 12.8. The molecule has 0 aliphatic rings. The zero-order valence-corrected chi connectivity index (χ0v) is 15.6. The summed E-state index contributed by atoms with van der Waals surface area (Å²) in [6.07, 6.45) is 0.391. The molecule has 0 bridgehead atoms. The molecule has 2 rings (SSSR count). The number of rotatable bonds is 5. The minimum atomic E-state index is -1.26. The van der Waals surface area contributed by atoms with E-state index in [0.717, 1.165) is 20.9 Å². The third-order valence-electron chi connectivity index (χ3n) is 3.53. The van der Waals surface area contributed by atoms with Crippen molar-refractivity contribution >= 4 is 33.4 Å². The fourth-order valence-electron chi connectivity index (χ4n) is 2.09. The third kappa shape index (κ3) is 4.06. The van der Waals surface area contributed by atoms with Crippen LogP contribution in [0.3, 0.4) is 0 Å². The largest absolute Gasteiger partial charge is 0.385 e. The van der Waals surface area contributed by atoms with Gasteiger partial charge in [-0.25, -0.2) is 4.21 Å². The number of halogens is 1. The molecule has 1 unspecified atom stereocenters. The highest BCUT2D eigenvalue weighted by Crippen LogP contribution is 2.29. The summed E-state index contributed by atoms with van der Waals surface area (Å²) in [5.74, 6) is 0. The van der Waals surface area contributed by atoms with Crippen molar-refractivity contribution in [3.63, 3.8) is 0 Å². The van der Waals surface area contributed by atoms with Gasteiger partial charge in [0, 0.05) is 19.8 Å². The molecule has 2 atom stereocenters. The molecule has 0 aliphatic carbocycles. The Labute approximate surface area is 147 Å².